The number of rotatable bonds is 18. The van der Waals surface area contributed by atoms with E-state index in [1.54, 1.807) is 110 Å². The van der Waals surface area contributed by atoms with E-state index in [1.807, 2.05) is 36.4 Å². The molecule has 0 aliphatic rings. The summed E-state index contributed by atoms with van der Waals surface area (Å²) in [4.78, 5) is 12.1. The second-order valence-corrected chi connectivity index (χ2v) is 12.7. The molecule has 0 aliphatic carbocycles. The molecular weight excluding hydrogens is 727 g/mol. The van der Waals surface area contributed by atoms with Crippen LogP contribution in [-0.4, -0.2) is 30.3 Å². The molecule has 3 heterocycles. The molecule has 12 nitrogen and oxygen atoms in total. The topological polar surface area (TPSA) is 155 Å². The molecule has 0 bridgehead atoms. The highest BCUT2D eigenvalue weighted by Gasteiger charge is 2.19. The van der Waals surface area contributed by atoms with Crippen LogP contribution in [0.3, 0.4) is 0 Å². The first-order chi connectivity index (χ1) is 28.0. The maximum Gasteiger partial charge on any atom is 0.203 e. The van der Waals surface area contributed by atoms with E-state index >= 15 is 0 Å². The molecular formula is C45H39N3O9. The number of aromatic hydroxyl groups is 3. The summed E-state index contributed by atoms with van der Waals surface area (Å²) in [7, 11) is 0. The van der Waals surface area contributed by atoms with Gasteiger partial charge in [0, 0.05) is 53.9 Å². The van der Waals surface area contributed by atoms with Crippen molar-refractivity contribution in [1.82, 2.24) is 15.0 Å². The first-order valence-electron chi connectivity index (χ1n) is 18.0. The SMILES string of the molecule is Oc1c(COc2cccc(OCc3cccc(OCc4ccncc4)c3O)c2OCc2cccc(OCc3ccncc3)c2O)cccc1OCc1ccncc1. The molecule has 4 aromatic carbocycles. The Hall–Kier alpha value is -7.47. The van der Waals surface area contributed by atoms with Crippen LogP contribution >= 0.6 is 0 Å². The number of hydrogen-bond acceptors (Lipinski definition) is 12. The van der Waals surface area contributed by atoms with Crippen molar-refractivity contribution in [2.75, 3.05) is 0 Å². The zero-order valence-corrected chi connectivity index (χ0v) is 30.7. The number of nitrogens with zero attached hydrogens (tertiary/aromatic N) is 3. The Balaban J connectivity index is 1.10. The summed E-state index contributed by atoms with van der Waals surface area (Å²) in [5.74, 6) is 1.54. The standard InChI is InChI=1S/C45H39N3O9/c49-42-34(5-1-8-37(42)52-25-31-13-19-46-20-14-31)28-55-40-11-4-12-41(56-29-35-6-2-9-38(43(35)50)53-26-32-15-21-47-22-16-32)45(40)57-30-36-7-3-10-39(44(36)51)54-27-33-17-23-48-24-18-33/h1-24,49-51H,25-30H2. The molecule has 3 N–H and O–H groups in total. The van der Waals surface area contributed by atoms with Gasteiger partial charge in [-0.1, -0.05) is 42.5 Å². The van der Waals surface area contributed by atoms with Crippen molar-refractivity contribution in [1.29, 1.82) is 0 Å². The normalized spacial score (nSPS) is 10.7. The van der Waals surface area contributed by atoms with E-state index in [2.05, 4.69) is 15.0 Å². The molecule has 0 unspecified atom stereocenters. The lowest BCUT2D eigenvalue weighted by Gasteiger charge is -2.19. The minimum absolute atomic E-state index is 0.0423. The smallest absolute Gasteiger partial charge is 0.203 e. The fourth-order valence-corrected chi connectivity index (χ4v) is 5.65. The summed E-state index contributed by atoms with van der Waals surface area (Å²) in [6.45, 7) is 0.563. The highest BCUT2D eigenvalue weighted by atomic mass is 16.5. The predicted molar refractivity (Wildman–Crippen MR) is 209 cm³/mol. The predicted octanol–water partition coefficient (Wildman–Crippen LogP) is 8.46. The first kappa shape index (κ1) is 37.8. The first-order valence-corrected chi connectivity index (χ1v) is 18.0. The number of pyridine rings is 3. The lowest BCUT2D eigenvalue weighted by Crippen LogP contribution is -2.05. The maximum absolute atomic E-state index is 11.2. The van der Waals surface area contributed by atoms with Crippen LogP contribution in [0.4, 0.5) is 0 Å². The number of phenols is 3. The molecule has 288 valence electrons. The number of ether oxygens (including phenoxy) is 6. The van der Waals surface area contributed by atoms with Crippen LogP contribution in [-0.2, 0) is 39.6 Å². The summed E-state index contributed by atoms with van der Waals surface area (Å²) in [5.41, 5.74) is 4.11. The number of para-hydroxylation sites is 4. The number of phenolic OH excluding ortho intramolecular Hbond substituents is 3. The van der Waals surface area contributed by atoms with Crippen molar-refractivity contribution in [3.8, 4) is 51.7 Å². The lowest BCUT2D eigenvalue weighted by molar-refractivity contribution is 0.223. The Bertz CT molecular complexity index is 2250. The zero-order valence-electron chi connectivity index (χ0n) is 30.7. The van der Waals surface area contributed by atoms with Crippen LogP contribution < -0.4 is 28.4 Å². The molecule has 0 spiro atoms. The molecule has 57 heavy (non-hydrogen) atoms. The largest absolute Gasteiger partial charge is 0.504 e. The van der Waals surface area contributed by atoms with Crippen molar-refractivity contribution in [2.45, 2.75) is 39.6 Å². The quantitative estimate of drug-likeness (QED) is 0.0768. The van der Waals surface area contributed by atoms with E-state index in [9.17, 15) is 15.3 Å². The van der Waals surface area contributed by atoms with Crippen molar-refractivity contribution >= 4 is 0 Å². The number of hydrogen-bond donors (Lipinski definition) is 3. The van der Waals surface area contributed by atoms with E-state index in [4.69, 9.17) is 28.4 Å². The van der Waals surface area contributed by atoms with Gasteiger partial charge in [-0.3, -0.25) is 15.0 Å². The van der Waals surface area contributed by atoms with Gasteiger partial charge in [0.15, 0.2) is 46.0 Å². The van der Waals surface area contributed by atoms with E-state index in [1.165, 1.54) is 0 Å². The summed E-state index contributed by atoms with van der Waals surface area (Å²) in [5, 5.41) is 33.4. The Morgan fingerprint density at radius 2 is 0.596 bits per heavy atom. The van der Waals surface area contributed by atoms with Gasteiger partial charge in [-0.05, 0) is 83.4 Å². The van der Waals surface area contributed by atoms with E-state index in [0.29, 0.717) is 39.7 Å². The van der Waals surface area contributed by atoms with Gasteiger partial charge in [-0.25, -0.2) is 0 Å². The van der Waals surface area contributed by atoms with Gasteiger partial charge in [-0.2, -0.15) is 0 Å². The summed E-state index contributed by atoms with van der Waals surface area (Å²) < 4.78 is 36.6. The average molecular weight is 766 g/mol. The van der Waals surface area contributed by atoms with Crippen LogP contribution in [0.25, 0.3) is 0 Å². The minimum atomic E-state index is -0.0812. The van der Waals surface area contributed by atoms with Crippen LogP contribution in [0.5, 0.6) is 51.7 Å². The summed E-state index contributed by atoms with van der Waals surface area (Å²) >= 11 is 0. The van der Waals surface area contributed by atoms with Gasteiger partial charge in [0.05, 0.1) is 0 Å². The maximum atomic E-state index is 11.2. The second kappa shape index (κ2) is 18.7. The second-order valence-electron chi connectivity index (χ2n) is 12.7. The van der Waals surface area contributed by atoms with Crippen molar-refractivity contribution in [3.63, 3.8) is 0 Å². The van der Waals surface area contributed by atoms with Gasteiger partial charge in [0.1, 0.15) is 39.6 Å². The molecule has 0 atom stereocenters. The molecule has 0 fully saturated rings. The lowest BCUT2D eigenvalue weighted by atomic mass is 10.2. The average Bonchev–Trinajstić information content (AvgIpc) is 3.25. The van der Waals surface area contributed by atoms with E-state index in [-0.39, 0.29) is 68.4 Å². The van der Waals surface area contributed by atoms with Gasteiger partial charge in [-0.15, -0.1) is 0 Å². The number of aromatic nitrogens is 3. The zero-order chi connectivity index (χ0) is 39.2. The van der Waals surface area contributed by atoms with Crippen molar-refractivity contribution < 1.29 is 43.7 Å². The monoisotopic (exact) mass is 765 g/mol. The van der Waals surface area contributed by atoms with E-state index in [0.717, 1.165) is 16.7 Å². The third-order valence-electron chi connectivity index (χ3n) is 8.76. The molecule has 0 saturated heterocycles. The van der Waals surface area contributed by atoms with Crippen LogP contribution in [0.1, 0.15) is 33.4 Å². The third-order valence-corrected chi connectivity index (χ3v) is 8.76. The summed E-state index contributed by atoms with van der Waals surface area (Å²) in [6, 6.07) is 31.7. The van der Waals surface area contributed by atoms with Crippen molar-refractivity contribution in [2.24, 2.45) is 0 Å². The summed E-state index contributed by atoms with van der Waals surface area (Å²) in [6.07, 6.45) is 10.1. The van der Waals surface area contributed by atoms with E-state index < -0.39 is 0 Å². The Morgan fingerprint density at radius 1 is 0.316 bits per heavy atom. The fraction of sp³-hybridized carbons (Fsp3) is 0.133. The Morgan fingerprint density at radius 3 is 0.947 bits per heavy atom. The van der Waals surface area contributed by atoms with Crippen LogP contribution in [0, 0.1) is 0 Å². The fourth-order valence-electron chi connectivity index (χ4n) is 5.65. The number of benzene rings is 4. The van der Waals surface area contributed by atoms with Crippen molar-refractivity contribution in [3.05, 3.63) is 180 Å². The van der Waals surface area contributed by atoms with Gasteiger partial charge in [0.25, 0.3) is 0 Å². The van der Waals surface area contributed by atoms with Crippen LogP contribution in [0.2, 0.25) is 0 Å². The molecule has 7 rings (SSSR count). The minimum Gasteiger partial charge on any atom is -0.504 e. The van der Waals surface area contributed by atoms with Gasteiger partial charge >= 0.3 is 0 Å². The van der Waals surface area contributed by atoms with Crippen LogP contribution in [0.15, 0.2) is 146 Å². The Labute approximate surface area is 329 Å². The van der Waals surface area contributed by atoms with Gasteiger partial charge < -0.3 is 43.7 Å². The third kappa shape index (κ3) is 9.99. The molecule has 0 amide bonds. The Kier molecular flexibility index (Phi) is 12.4. The molecule has 3 aromatic heterocycles. The molecule has 0 saturated carbocycles. The molecule has 0 aliphatic heterocycles. The van der Waals surface area contributed by atoms with Gasteiger partial charge in [0.2, 0.25) is 5.75 Å². The highest BCUT2D eigenvalue weighted by Crippen LogP contribution is 2.41. The molecule has 12 heteroatoms. The molecule has 0 radical (unpaired) electrons. The molecule has 7 aromatic rings. The highest BCUT2D eigenvalue weighted by molar-refractivity contribution is 5.53.